The highest BCUT2D eigenvalue weighted by molar-refractivity contribution is 7.71. The zero-order valence-corrected chi connectivity index (χ0v) is 14.1. The van der Waals surface area contributed by atoms with E-state index in [4.69, 9.17) is 12.2 Å². The predicted octanol–water partition coefficient (Wildman–Crippen LogP) is 3.94. The molecule has 0 aliphatic heterocycles. The van der Waals surface area contributed by atoms with Gasteiger partial charge in [-0.1, -0.05) is 48.0 Å². The first-order valence-corrected chi connectivity index (χ1v) is 8.11. The van der Waals surface area contributed by atoms with Crippen molar-refractivity contribution >= 4 is 23.8 Å². The molecule has 0 fully saturated rings. The molecule has 1 aromatic heterocycles. The summed E-state index contributed by atoms with van der Waals surface area (Å²) in [4.78, 5) is 12.1. The lowest BCUT2D eigenvalue weighted by Crippen LogP contribution is -2.15. The molecule has 24 heavy (non-hydrogen) atoms. The largest absolute Gasteiger partial charge is 0.326 e. The van der Waals surface area contributed by atoms with Crippen LogP contribution >= 0.6 is 12.2 Å². The van der Waals surface area contributed by atoms with Crippen molar-refractivity contribution in [1.82, 2.24) is 14.8 Å². The fourth-order valence-electron chi connectivity index (χ4n) is 2.41. The molecular weight excluding hydrogens is 320 g/mol. The first-order chi connectivity index (χ1) is 11.6. The number of hydrogen-bond donors (Lipinski definition) is 2. The van der Waals surface area contributed by atoms with Crippen molar-refractivity contribution in [2.75, 3.05) is 5.32 Å². The SMILES string of the molecule is Cc1ccc(-c2n[nH]c(=S)n2CCC(=O)Nc2ccccc2)cc1. The topological polar surface area (TPSA) is 62.7 Å². The van der Waals surface area contributed by atoms with Crippen molar-refractivity contribution in [2.45, 2.75) is 19.9 Å². The van der Waals surface area contributed by atoms with E-state index in [9.17, 15) is 4.79 Å². The van der Waals surface area contributed by atoms with Crippen molar-refractivity contribution < 1.29 is 4.79 Å². The molecule has 0 radical (unpaired) electrons. The smallest absolute Gasteiger partial charge is 0.226 e. The van der Waals surface area contributed by atoms with Gasteiger partial charge in [-0.15, -0.1) is 0 Å². The van der Waals surface area contributed by atoms with Crippen LogP contribution in [0.5, 0.6) is 0 Å². The summed E-state index contributed by atoms with van der Waals surface area (Å²) in [6, 6.07) is 17.5. The number of benzene rings is 2. The Balaban J connectivity index is 1.71. The van der Waals surface area contributed by atoms with Crippen LogP contribution in [0.4, 0.5) is 5.69 Å². The predicted molar refractivity (Wildman–Crippen MR) is 97.3 cm³/mol. The van der Waals surface area contributed by atoms with Crippen LogP contribution in [0.15, 0.2) is 54.6 Å². The molecule has 122 valence electrons. The first kappa shape index (κ1) is 16.1. The highest BCUT2D eigenvalue weighted by Gasteiger charge is 2.10. The highest BCUT2D eigenvalue weighted by Crippen LogP contribution is 2.18. The highest BCUT2D eigenvalue weighted by atomic mass is 32.1. The lowest BCUT2D eigenvalue weighted by molar-refractivity contribution is -0.116. The summed E-state index contributed by atoms with van der Waals surface area (Å²) in [6.07, 6.45) is 0.321. The Morgan fingerprint density at radius 1 is 1.17 bits per heavy atom. The van der Waals surface area contributed by atoms with Gasteiger partial charge in [-0.05, 0) is 31.3 Å². The van der Waals surface area contributed by atoms with E-state index in [1.54, 1.807) is 0 Å². The number of para-hydroxylation sites is 1. The summed E-state index contributed by atoms with van der Waals surface area (Å²) < 4.78 is 2.36. The van der Waals surface area contributed by atoms with Crippen molar-refractivity contribution in [3.8, 4) is 11.4 Å². The summed E-state index contributed by atoms with van der Waals surface area (Å²) in [5, 5.41) is 9.97. The Labute approximate surface area is 145 Å². The summed E-state index contributed by atoms with van der Waals surface area (Å²) in [7, 11) is 0. The fraction of sp³-hybridized carbons (Fsp3) is 0.167. The van der Waals surface area contributed by atoms with E-state index in [1.807, 2.05) is 66.1 Å². The van der Waals surface area contributed by atoms with Crippen molar-refractivity contribution in [2.24, 2.45) is 0 Å². The van der Waals surface area contributed by atoms with Gasteiger partial charge in [0.1, 0.15) is 0 Å². The maximum absolute atomic E-state index is 12.1. The Morgan fingerprint density at radius 2 is 1.88 bits per heavy atom. The third-order valence-corrected chi connectivity index (χ3v) is 4.00. The molecule has 0 spiro atoms. The van der Waals surface area contributed by atoms with Gasteiger partial charge in [0.25, 0.3) is 0 Å². The molecule has 6 heteroatoms. The van der Waals surface area contributed by atoms with Gasteiger partial charge in [0.15, 0.2) is 10.6 Å². The van der Waals surface area contributed by atoms with E-state index >= 15 is 0 Å². The van der Waals surface area contributed by atoms with Gasteiger partial charge in [0.05, 0.1) is 0 Å². The Kier molecular flexibility index (Phi) is 4.86. The molecule has 0 saturated carbocycles. The van der Waals surface area contributed by atoms with Crippen molar-refractivity contribution in [3.05, 3.63) is 64.9 Å². The molecule has 0 unspecified atom stereocenters. The lowest BCUT2D eigenvalue weighted by atomic mass is 10.1. The molecule has 0 aliphatic rings. The summed E-state index contributed by atoms with van der Waals surface area (Å²) in [5.41, 5.74) is 2.94. The Morgan fingerprint density at radius 3 is 2.58 bits per heavy atom. The number of aromatic amines is 1. The minimum atomic E-state index is -0.0563. The van der Waals surface area contributed by atoms with Crippen LogP contribution in [0.2, 0.25) is 0 Å². The molecule has 5 nitrogen and oxygen atoms in total. The number of anilines is 1. The van der Waals surface area contributed by atoms with Gasteiger partial charge < -0.3 is 5.32 Å². The van der Waals surface area contributed by atoms with Crippen LogP contribution in [0.25, 0.3) is 11.4 Å². The Bertz CT molecular complexity index is 881. The number of hydrogen-bond acceptors (Lipinski definition) is 3. The average molecular weight is 338 g/mol. The molecule has 1 amide bonds. The Hall–Kier alpha value is -2.73. The van der Waals surface area contributed by atoms with Gasteiger partial charge in [0.2, 0.25) is 5.91 Å². The molecule has 0 aliphatic carbocycles. The number of carbonyl (C=O) groups excluding carboxylic acids is 1. The van der Waals surface area contributed by atoms with E-state index in [-0.39, 0.29) is 5.91 Å². The van der Waals surface area contributed by atoms with Gasteiger partial charge in [-0.25, -0.2) is 0 Å². The van der Waals surface area contributed by atoms with Crippen LogP contribution < -0.4 is 5.32 Å². The number of nitrogens with one attached hydrogen (secondary N) is 2. The minimum Gasteiger partial charge on any atom is -0.326 e. The molecule has 0 saturated heterocycles. The normalized spacial score (nSPS) is 10.5. The molecule has 0 atom stereocenters. The number of aromatic nitrogens is 3. The molecular formula is C18H18N4OS. The second kappa shape index (κ2) is 7.23. The number of carbonyl (C=O) groups is 1. The van der Waals surface area contributed by atoms with Crippen LogP contribution in [0, 0.1) is 11.7 Å². The second-order valence-corrected chi connectivity index (χ2v) is 5.92. The first-order valence-electron chi connectivity index (χ1n) is 7.70. The van der Waals surface area contributed by atoms with E-state index in [1.165, 1.54) is 5.56 Å². The van der Waals surface area contributed by atoms with Gasteiger partial charge in [0, 0.05) is 24.2 Å². The second-order valence-electron chi connectivity index (χ2n) is 5.53. The van der Waals surface area contributed by atoms with Crippen LogP contribution in [-0.4, -0.2) is 20.7 Å². The van der Waals surface area contributed by atoms with E-state index < -0.39 is 0 Å². The summed E-state index contributed by atoms with van der Waals surface area (Å²) in [6.45, 7) is 2.51. The molecule has 2 N–H and O–H groups in total. The summed E-state index contributed by atoms with van der Waals surface area (Å²) in [5.74, 6) is 0.687. The standard InChI is InChI=1S/C18H18N4OS/c1-13-7-9-14(10-8-13)17-20-21-18(24)22(17)12-11-16(23)19-15-5-3-2-4-6-15/h2-10H,11-12H2,1H3,(H,19,23)(H,21,24). The van der Waals surface area contributed by atoms with E-state index in [0.29, 0.717) is 17.7 Å². The van der Waals surface area contributed by atoms with Crippen LogP contribution in [0.3, 0.4) is 0 Å². The fourth-order valence-corrected chi connectivity index (χ4v) is 2.63. The monoisotopic (exact) mass is 338 g/mol. The zero-order valence-electron chi connectivity index (χ0n) is 13.3. The van der Waals surface area contributed by atoms with Crippen LogP contribution in [0.1, 0.15) is 12.0 Å². The van der Waals surface area contributed by atoms with Crippen LogP contribution in [-0.2, 0) is 11.3 Å². The lowest BCUT2D eigenvalue weighted by Gasteiger charge is -2.08. The number of rotatable bonds is 5. The maximum atomic E-state index is 12.1. The number of H-pyrrole nitrogens is 1. The molecule has 1 heterocycles. The number of amides is 1. The van der Waals surface area contributed by atoms with E-state index in [0.717, 1.165) is 17.1 Å². The van der Waals surface area contributed by atoms with E-state index in [2.05, 4.69) is 15.5 Å². The maximum Gasteiger partial charge on any atom is 0.226 e. The third-order valence-electron chi connectivity index (χ3n) is 3.69. The molecule has 0 bridgehead atoms. The molecule has 2 aromatic carbocycles. The van der Waals surface area contributed by atoms with Gasteiger partial charge in [-0.3, -0.25) is 14.5 Å². The van der Waals surface area contributed by atoms with Crippen molar-refractivity contribution in [1.29, 1.82) is 0 Å². The minimum absolute atomic E-state index is 0.0563. The average Bonchev–Trinajstić information content (AvgIpc) is 2.95. The quantitative estimate of drug-likeness (QED) is 0.693. The summed E-state index contributed by atoms with van der Waals surface area (Å²) >= 11 is 5.29. The zero-order chi connectivity index (χ0) is 16.9. The molecule has 3 aromatic rings. The third kappa shape index (κ3) is 3.78. The molecule has 3 rings (SSSR count). The number of nitrogens with zero attached hydrogens (tertiary/aromatic N) is 2. The van der Waals surface area contributed by atoms with Gasteiger partial charge >= 0.3 is 0 Å². The van der Waals surface area contributed by atoms with Crippen molar-refractivity contribution in [3.63, 3.8) is 0 Å². The number of aryl methyl sites for hydroxylation is 1. The van der Waals surface area contributed by atoms with Gasteiger partial charge in [-0.2, -0.15) is 5.10 Å².